The van der Waals surface area contributed by atoms with Gasteiger partial charge in [0.2, 0.25) is 0 Å². The van der Waals surface area contributed by atoms with Crippen molar-refractivity contribution in [1.29, 1.82) is 0 Å². The van der Waals surface area contributed by atoms with Gasteiger partial charge in [-0.25, -0.2) is 0 Å². The number of aliphatic hydroxyl groups is 2. The van der Waals surface area contributed by atoms with Crippen molar-refractivity contribution >= 4 is 0 Å². The van der Waals surface area contributed by atoms with Gasteiger partial charge < -0.3 is 10.2 Å². The smallest absolute Gasteiger partial charge is 0.0558 e. The van der Waals surface area contributed by atoms with Crippen molar-refractivity contribution in [3.63, 3.8) is 0 Å². The van der Waals surface area contributed by atoms with Crippen LogP contribution in [0.2, 0.25) is 0 Å². The molecule has 0 spiro atoms. The van der Waals surface area contributed by atoms with Crippen molar-refractivity contribution in [1.82, 2.24) is 9.80 Å². The first kappa shape index (κ1) is 17.1. The zero-order valence-corrected chi connectivity index (χ0v) is 14.0. The fourth-order valence-corrected chi connectivity index (χ4v) is 3.69. The summed E-state index contributed by atoms with van der Waals surface area (Å²) in [5.41, 5.74) is 2.52. The van der Waals surface area contributed by atoms with Crippen LogP contribution >= 0.6 is 0 Å². The minimum atomic E-state index is 0.146. The molecule has 1 saturated heterocycles. The predicted molar refractivity (Wildman–Crippen MR) is 95.7 cm³/mol. The van der Waals surface area contributed by atoms with Crippen molar-refractivity contribution in [3.8, 4) is 0 Å². The number of β-amino-alcohol motifs (C(OH)–C–C–N with tert-alkyl or cyclic N) is 2. The molecule has 2 aromatic rings. The van der Waals surface area contributed by atoms with Crippen LogP contribution in [0.5, 0.6) is 0 Å². The first-order valence-corrected chi connectivity index (χ1v) is 8.63. The van der Waals surface area contributed by atoms with E-state index in [0.29, 0.717) is 13.1 Å². The summed E-state index contributed by atoms with van der Waals surface area (Å²) in [6.07, 6.45) is 0. The molecule has 0 unspecified atom stereocenters. The molecule has 128 valence electrons. The summed E-state index contributed by atoms with van der Waals surface area (Å²) in [4.78, 5) is 4.72. The average molecular weight is 326 g/mol. The second-order valence-electron chi connectivity index (χ2n) is 6.30. The van der Waals surface area contributed by atoms with Gasteiger partial charge in [0.1, 0.15) is 0 Å². The molecule has 3 rings (SSSR count). The lowest BCUT2D eigenvalue weighted by molar-refractivity contribution is 0.00437. The summed E-state index contributed by atoms with van der Waals surface area (Å²) in [7, 11) is 0. The predicted octanol–water partition coefficient (Wildman–Crippen LogP) is 2.07. The van der Waals surface area contributed by atoms with Crippen molar-refractivity contribution in [2.75, 3.05) is 39.4 Å². The molecule has 1 aliphatic heterocycles. The molecular formula is C20H26N2O2. The maximum absolute atomic E-state index is 9.62. The molecule has 24 heavy (non-hydrogen) atoms. The Morgan fingerprint density at radius 1 is 0.708 bits per heavy atom. The Bertz CT molecular complexity index is 556. The number of hydrogen-bond donors (Lipinski definition) is 2. The van der Waals surface area contributed by atoms with Crippen LogP contribution in [-0.4, -0.2) is 59.4 Å². The largest absolute Gasteiger partial charge is 0.395 e. The Morgan fingerprint density at radius 2 is 1.17 bits per heavy atom. The van der Waals surface area contributed by atoms with E-state index in [-0.39, 0.29) is 25.3 Å². The first-order valence-electron chi connectivity index (χ1n) is 8.63. The highest BCUT2D eigenvalue weighted by molar-refractivity contribution is 5.25. The van der Waals surface area contributed by atoms with E-state index in [1.54, 1.807) is 0 Å². The summed E-state index contributed by atoms with van der Waals surface area (Å²) in [5, 5.41) is 19.0. The zero-order chi connectivity index (χ0) is 16.8. The molecule has 1 fully saturated rings. The molecule has 0 radical (unpaired) electrons. The van der Waals surface area contributed by atoms with Gasteiger partial charge in [-0.05, 0) is 11.1 Å². The number of rotatable bonds is 6. The van der Waals surface area contributed by atoms with Crippen molar-refractivity contribution in [2.45, 2.75) is 12.1 Å². The van der Waals surface area contributed by atoms with Crippen LogP contribution in [0.4, 0.5) is 0 Å². The van der Waals surface area contributed by atoms with E-state index in [1.807, 2.05) is 12.1 Å². The summed E-state index contributed by atoms with van der Waals surface area (Å²) >= 11 is 0. The van der Waals surface area contributed by atoms with Crippen LogP contribution in [-0.2, 0) is 0 Å². The molecule has 4 heteroatoms. The lowest BCUT2D eigenvalue weighted by Gasteiger charge is -2.47. The molecule has 0 aromatic heterocycles. The summed E-state index contributed by atoms with van der Waals surface area (Å²) < 4.78 is 0. The fraction of sp³-hybridized carbons (Fsp3) is 0.400. The van der Waals surface area contributed by atoms with Gasteiger partial charge in [-0.15, -0.1) is 0 Å². The molecule has 1 aliphatic rings. The van der Waals surface area contributed by atoms with Crippen LogP contribution < -0.4 is 0 Å². The first-order chi connectivity index (χ1) is 11.8. The third-order valence-electron chi connectivity index (χ3n) is 4.81. The van der Waals surface area contributed by atoms with Crippen molar-refractivity contribution in [3.05, 3.63) is 71.8 Å². The Balaban J connectivity index is 1.95. The van der Waals surface area contributed by atoms with E-state index in [1.165, 1.54) is 11.1 Å². The molecule has 1 heterocycles. The minimum Gasteiger partial charge on any atom is -0.395 e. The molecule has 0 aliphatic carbocycles. The van der Waals surface area contributed by atoms with Gasteiger partial charge in [0.15, 0.2) is 0 Å². The lowest BCUT2D eigenvalue weighted by Crippen LogP contribution is -2.51. The van der Waals surface area contributed by atoms with E-state index in [9.17, 15) is 10.2 Å². The third kappa shape index (κ3) is 3.84. The lowest BCUT2D eigenvalue weighted by atomic mass is 9.94. The van der Waals surface area contributed by atoms with Crippen LogP contribution in [0, 0.1) is 0 Å². The van der Waals surface area contributed by atoms with Crippen LogP contribution in [0.15, 0.2) is 60.7 Å². The average Bonchev–Trinajstić information content (AvgIpc) is 2.64. The molecule has 0 saturated carbocycles. The molecule has 4 nitrogen and oxygen atoms in total. The molecular weight excluding hydrogens is 300 g/mol. The maximum Gasteiger partial charge on any atom is 0.0558 e. The van der Waals surface area contributed by atoms with Gasteiger partial charge in [0.25, 0.3) is 0 Å². The SMILES string of the molecule is OCCN1C[C@@H](c2ccccc2)N(CCO)[C@H](c2ccccc2)C1. The van der Waals surface area contributed by atoms with Crippen LogP contribution in [0.1, 0.15) is 23.2 Å². The Labute approximate surface area is 144 Å². The molecule has 2 atom stereocenters. The van der Waals surface area contributed by atoms with E-state index in [0.717, 1.165) is 13.1 Å². The Morgan fingerprint density at radius 3 is 1.58 bits per heavy atom. The summed E-state index contributed by atoms with van der Waals surface area (Å²) in [6.45, 7) is 3.38. The van der Waals surface area contributed by atoms with E-state index < -0.39 is 0 Å². The maximum atomic E-state index is 9.62. The zero-order valence-electron chi connectivity index (χ0n) is 14.0. The molecule has 0 amide bonds. The van der Waals surface area contributed by atoms with Crippen LogP contribution in [0.3, 0.4) is 0 Å². The van der Waals surface area contributed by atoms with Gasteiger partial charge in [-0.1, -0.05) is 60.7 Å². The van der Waals surface area contributed by atoms with Crippen molar-refractivity contribution < 1.29 is 10.2 Å². The van der Waals surface area contributed by atoms with Gasteiger partial charge in [0, 0.05) is 38.3 Å². The number of nitrogens with zero attached hydrogens (tertiary/aromatic N) is 2. The summed E-state index contributed by atoms with van der Waals surface area (Å²) in [5.74, 6) is 0. The highest BCUT2D eigenvalue weighted by Crippen LogP contribution is 2.35. The standard InChI is InChI=1S/C20H26N2O2/c23-13-11-21-15-19(17-7-3-1-4-8-17)22(12-14-24)20(16-21)18-9-5-2-6-10-18/h1-10,19-20,23-24H,11-16H2/t19-,20-/m0/s1. The minimum absolute atomic E-state index is 0.146. The van der Waals surface area contributed by atoms with Gasteiger partial charge >= 0.3 is 0 Å². The molecule has 0 bridgehead atoms. The van der Waals surface area contributed by atoms with Gasteiger partial charge in [-0.2, -0.15) is 0 Å². The number of benzene rings is 2. The van der Waals surface area contributed by atoms with E-state index in [4.69, 9.17) is 0 Å². The quantitative estimate of drug-likeness (QED) is 0.853. The van der Waals surface area contributed by atoms with Gasteiger partial charge in [0.05, 0.1) is 13.2 Å². The number of aliphatic hydroxyl groups excluding tert-OH is 2. The molecule has 2 aromatic carbocycles. The van der Waals surface area contributed by atoms with Gasteiger partial charge in [-0.3, -0.25) is 9.80 Å². The van der Waals surface area contributed by atoms with E-state index >= 15 is 0 Å². The normalized spacial score (nSPS) is 22.6. The Hall–Kier alpha value is -1.72. The van der Waals surface area contributed by atoms with Crippen LogP contribution in [0.25, 0.3) is 0 Å². The monoisotopic (exact) mass is 326 g/mol. The number of hydrogen-bond acceptors (Lipinski definition) is 4. The highest BCUT2D eigenvalue weighted by atomic mass is 16.3. The third-order valence-corrected chi connectivity index (χ3v) is 4.81. The van der Waals surface area contributed by atoms with E-state index in [2.05, 4.69) is 58.3 Å². The molecule has 2 N–H and O–H groups in total. The fourth-order valence-electron chi connectivity index (χ4n) is 3.69. The second kappa shape index (κ2) is 8.40. The second-order valence-corrected chi connectivity index (χ2v) is 6.30. The number of piperazine rings is 1. The summed E-state index contributed by atoms with van der Waals surface area (Å²) in [6, 6.07) is 21.4. The highest BCUT2D eigenvalue weighted by Gasteiger charge is 2.35. The van der Waals surface area contributed by atoms with Crippen molar-refractivity contribution in [2.24, 2.45) is 0 Å². The topological polar surface area (TPSA) is 46.9 Å². The Kier molecular flexibility index (Phi) is 5.99.